The summed E-state index contributed by atoms with van der Waals surface area (Å²) in [5.74, 6) is -0.123. The molecule has 4 heteroatoms. The first-order chi connectivity index (χ1) is 8.24. The molecule has 1 amide bonds. The van der Waals surface area contributed by atoms with E-state index in [-0.39, 0.29) is 18.6 Å². The molecule has 4 nitrogen and oxygen atoms in total. The molecule has 0 spiro atoms. The van der Waals surface area contributed by atoms with Crippen LogP contribution in [0.1, 0.15) is 29.3 Å². The molecule has 0 bridgehead atoms. The Morgan fingerprint density at radius 2 is 2.41 bits per heavy atom. The second-order valence-electron chi connectivity index (χ2n) is 4.31. The molecule has 17 heavy (non-hydrogen) atoms. The van der Waals surface area contributed by atoms with Crippen molar-refractivity contribution in [3.63, 3.8) is 0 Å². The molecule has 1 atom stereocenters. The molecule has 1 aromatic rings. The van der Waals surface area contributed by atoms with Gasteiger partial charge in [-0.05, 0) is 30.5 Å². The van der Waals surface area contributed by atoms with Crippen LogP contribution in [0.2, 0.25) is 0 Å². The number of nitrogens with one attached hydrogen (secondary N) is 2. The highest BCUT2D eigenvalue weighted by Gasteiger charge is 2.15. The second kappa shape index (κ2) is 5.19. The number of aliphatic hydroxyl groups is 1. The maximum Gasteiger partial charge on any atom is 0.251 e. The molecule has 92 valence electrons. The smallest absolute Gasteiger partial charge is 0.251 e. The molecule has 0 aliphatic carbocycles. The number of anilines is 1. The fourth-order valence-electron chi connectivity index (χ4n) is 1.98. The normalized spacial score (nSPS) is 14.9. The molecule has 3 N–H and O–H groups in total. The molecule has 1 aliphatic rings. The van der Waals surface area contributed by atoms with Crippen molar-refractivity contribution in [2.45, 2.75) is 25.8 Å². The van der Waals surface area contributed by atoms with Crippen LogP contribution in [-0.2, 0) is 6.42 Å². The lowest BCUT2D eigenvalue weighted by atomic mass is 10.1. The number of rotatable bonds is 4. The minimum absolute atomic E-state index is 0.0224. The second-order valence-corrected chi connectivity index (χ2v) is 4.31. The predicted molar refractivity (Wildman–Crippen MR) is 67.3 cm³/mol. The van der Waals surface area contributed by atoms with Crippen molar-refractivity contribution in [3.8, 4) is 0 Å². The molecular weight excluding hydrogens is 216 g/mol. The third kappa shape index (κ3) is 2.58. The maximum absolute atomic E-state index is 11.9. The van der Waals surface area contributed by atoms with Crippen LogP contribution < -0.4 is 10.6 Å². The van der Waals surface area contributed by atoms with Crippen molar-refractivity contribution in [2.24, 2.45) is 0 Å². The molecular formula is C13H18N2O2. The summed E-state index contributed by atoms with van der Waals surface area (Å²) in [6.07, 6.45) is 1.75. The van der Waals surface area contributed by atoms with Gasteiger partial charge in [0.1, 0.15) is 0 Å². The van der Waals surface area contributed by atoms with Crippen molar-refractivity contribution < 1.29 is 9.90 Å². The molecule has 0 aromatic heterocycles. The lowest BCUT2D eigenvalue weighted by Gasteiger charge is -2.14. The summed E-state index contributed by atoms with van der Waals surface area (Å²) in [6.45, 7) is 2.85. The highest BCUT2D eigenvalue weighted by Crippen LogP contribution is 2.23. The Morgan fingerprint density at radius 3 is 3.12 bits per heavy atom. The molecule has 1 aliphatic heterocycles. The van der Waals surface area contributed by atoms with Gasteiger partial charge in [0.05, 0.1) is 12.6 Å². The van der Waals surface area contributed by atoms with Crippen LogP contribution >= 0.6 is 0 Å². The molecule has 0 saturated carbocycles. The highest BCUT2D eigenvalue weighted by molar-refractivity contribution is 5.95. The Kier molecular flexibility index (Phi) is 3.64. The van der Waals surface area contributed by atoms with Crippen LogP contribution in [0, 0.1) is 0 Å². The van der Waals surface area contributed by atoms with E-state index in [1.165, 1.54) is 5.56 Å². The summed E-state index contributed by atoms with van der Waals surface area (Å²) >= 11 is 0. The summed E-state index contributed by atoms with van der Waals surface area (Å²) in [6, 6.07) is 5.54. The minimum atomic E-state index is -0.163. The van der Waals surface area contributed by atoms with Crippen molar-refractivity contribution in [1.29, 1.82) is 0 Å². The molecule has 0 radical (unpaired) electrons. The summed E-state index contributed by atoms with van der Waals surface area (Å²) in [5, 5.41) is 15.1. The number of carbonyl (C=O) groups excluding carboxylic acids is 1. The topological polar surface area (TPSA) is 61.4 Å². The first-order valence-corrected chi connectivity index (χ1v) is 6.03. The Bertz CT molecular complexity index is 414. The van der Waals surface area contributed by atoms with Crippen LogP contribution in [0.4, 0.5) is 5.69 Å². The van der Waals surface area contributed by atoms with Crippen molar-refractivity contribution in [3.05, 3.63) is 29.3 Å². The summed E-state index contributed by atoms with van der Waals surface area (Å²) in [7, 11) is 0. The first kappa shape index (κ1) is 11.9. The SMILES string of the molecule is CC[C@H](CO)NC(=O)c1ccc2c(c1)NCC2. The van der Waals surface area contributed by atoms with Crippen LogP contribution in [0.25, 0.3) is 0 Å². The Labute approximate surface area is 101 Å². The summed E-state index contributed by atoms with van der Waals surface area (Å²) in [4.78, 5) is 11.9. The predicted octanol–water partition coefficient (Wildman–Crippen LogP) is 1.16. The van der Waals surface area contributed by atoms with E-state index in [1.54, 1.807) is 0 Å². The maximum atomic E-state index is 11.9. The van der Waals surface area contributed by atoms with E-state index in [9.17, 15) is 4.79 Å². The zero-order valence-electron chi connectivity index (χ0n) is 9.99. The van der Waals surface area contributed by atoms with Crippen molar-refractivity contribution >= 4 is 11.6 Å². The van der Waals surface area contributed by atoms with E-state index in [1.807, 2.05) is 25.1 Å². The van der Waals surface area contributed by atoms with Crippen LogP contribution in [0.5, 0.6) is 0 Å². The average Bonchev–Trinajstić information content (AvgIpc) is 2.82. The van der Waals surface area contributed by atoms with Gasteiger partial charge in [-0.1, -0.05) is 13.0 Å². The summed E-state index contributed by atoms with van der Waals surface area (Å²) < 4.78 is 0. The van der Waals surface area contributed by atoms with Gasteiger partial charge < -0.3 is 15.7 Å². The lowest BCUT2D eigenvalue weighted by Crippen LogP contribution is -2.36. The Morgan fingerprint density at radius 1 is 1.59 bits per heavy atom. The summed E-state index contributed by atoms with van der Waals surface area (Å²) in [5.41, 5.74) is 2.95. The van der Waals surface area contributed by atoms with Gasteiger partial charge in [-0.15, -0.1) is 0 Å². The van der Waals surface area contributed by atoms with Crippen molar-refractivity contribution in [1.82, 2.24) is 5.32 Å². The standard InChI is InChI=1S/C13H18N2O2/c1-2-11(8-16)15-13(17)10-4-3-9-5-6-14-12(9)7-10/h3-4,7,11,14,16H,2,5-6,8H2,1H3,(H,15,17)/t11-/m1/s1. The van der Waals surface area contributed by atoms with E-state index in [0.717, 1.165) is 25.1 Å². The zero-order chi connectivity index (χ0) is 12.3. The van der Waals surface area contributed by atoms with Gasteiger partial charge >= 0.3 is 0 Å². The number of benzene rings is 1. The van der Waals surface area contributed by atoms with Crippen molar-refractivity contribution in [2.75, 3.05) is 18.5 Å². The molecule has 1 aromatic carbocycles. The van der Waals surface area contributed by atoms with E-state index in [4.69, 9.17) is 5.11 Å². The van der Waals surface area contributed by atoms with Gasteiger partial charge in [-0.3, -0.25) is 4.79 Å². The van der Waals surface area contributed by atoms with E-state index in [0.29, 0.717) is 5.56 Å². The Hall–Kier alpha value is -1.55. The number of fused-ring (bicyclic) bond motifs is 1. The van der Waals surface area contributed by atoms with Crippen LogP contribution in [0.3, 0.4) is 0 Å². The van der Waals surface area contributed by atoms with Gasteiger partial charge in [-0.25, -0.2) is 0 Å². The number of hydrogen-bond donors (Lipinski definition) is 3. The first-order valence-electron chi connectivity index (χ1n) is 6.03. The third-order valence-corrected chi connectivity index (χ3v) is 3.13. The molecule has 2 rings (SSSR count). The minimum Gasteiger partial charge on any atom is -0.394 e. The largest absolute Gasteiger partial charge is 0.394 e. The highest BCUT2D eigenvalue weighted by atomic mass is 16.3. The number of amides is 1. The van der Waals surface area contributed by atoms with Gasteiger partial charge in [0.15, 0.2) is 0 Å². The lowest BCUT2D eigenvalue weighted by molar-refractivity contribution is 0.0915. The van der Waals surface area contributed by atoms with Gasteiger partial charge in [0.25, 0.3) is 5.91 Å². The Balaban J connectivity index is 2.09. The fraction of sp³-hybridized carbons (Fsp3) is 0.462. The van der Waals surface area contributed by atoms with Gasteiger partial charge in [-0.2, -0.15) is 0 Å². The van der Waals surface area contributed by atoms with E-state index in [2.05, 4.69) is 10.6 Å². The molecule has 0 saturated heterocycles. The molecule has 1 heterocycles. The van der Waals surface area contributed by atoms with Gasteiger partial charge in [0, 0.05) is 17.8 Å². The zero-order valence-corrected chi connectivity index (χ0v) is 9.99. The van der Waals surface area contributed by atoms with Crippen LogP contribution in [-0.4, -0.2) is 30.2 Å². The number of carbonyl (C=O) groups is 1. The van der Waals surface area contributed by atoms with Crippen LogP contribution in [0.15, 0.2) is 18.2 Å². The fourth-order valence-corrected chi connectivity index (χ4v) is 1.98. The van der Waals surface area contributed by atoms with E-state index < -0.39 is 0 Å². The van der Waals surface area contributed by atoms with E-state index >= 15 is 0 Å². The quantitative estimate of drug-likeness (QED) is 0.732. The third-order valence-electron chi connectivity index (χ3n) is 3.13. The number of hydrogen-bond acceptors (Lipinski definition) is 3. The average molecular weight is 234 g/mol. The monoisotopic (exact) mass is 234 g/mol. The molecule has 0 fully saturated rings. The van der Waals surface area contributed by atoms with Gasteiger partial charge in [0.2, 0.25) is 0 Å². The molecule has 0 unspecified atom stereocenters. The number of aliphatic hydroxyl groups excluding tert-OH is 1.